The molecule has 0 unspecified atom stereocenters. The number of hydrogen-bond donors (Lipinski definition) is 1. The van der Waals surface area contributed by atoms with Crippen LogP contribution >= 0.6 is 0 Å². The van der Waals surface area contributed by atoms with Gasteiger partial charge in [-0.2, -0.15) is 13.2 Å². The predicted octanol–water partition coefficient (Wildman–Crippen LogP) is 3.51. The summed E-state index contributed by atoms with van der Waals surface area (Å²) in [6.07, 6.45) is -2.85. The van der Waals surface area contributed by atoms with E-state index in [1.807, 2.05) is 0 Å². The molecule has 5 nitrogen and oxygen atoms in total. The predicted molar refractivity (Wildman–Crippen MR) is 77.2 cm³/mol. The molecule has 1 aliphatic carbocycles. The van der Waals surface area contributed by atoms with Crippen LogP contribution in [-0.2, 0) is 10.9 Å². The van der Waals surface area contributed by atoms with Crippen molar-refractivity contribution in [2.75, 3.05) is 19.5 Å². The van der Waals surface area contributed by atoms with Crippen molar-refractivity contribution < 1.29 is 27.5 Å². The van der Waals surface area contributed by atoms with Crippen LogP contribution in [0.4, 0.5) is 23.7 Å². The third-order valence-electron chi connectivity index (χ3n) is 3.88. The second-order valence-corrected chi connectivity index (χ2v) is 5.41. The Hall–Kier alpha value is -2.25. The first-order valence-corrected chi connectivity index (χ1v) is 7.07. The second-order valence-electron chi connectivity index (χ2n) is 5.41. The summed E-state index contributed by atoms with van der Waals surface area (Å²) in [7, 11) is 2.67. The van der Waals surface area contributed by atoms with Gasteiger partial charge in [-0.05, 0) is 37.5 Å². The van der Waals surface area contributed by atoms with Gasteiger partial charge in [0.2, 0.25) is 0 Å². The van der Waals surface area contributed by atoms with Crippen molar-refractivity contribution in [1.29, 1.82) is 0 Å². The SMILES string of the molecule is COC(=O)Nc1cc(C(=O)N(C)C2CCC2)cc(C(F)(F)F)c1. The molecular weight excluding hydrogens is 313 g/mol. The summed E-state index contributed by atoms with van der Waals surface area (Å²) in [5.74, 6) is -0.506. The molecule has 1 aromatic rings. The zero-order valence-corrected chi connectivity index (χ0v) is 12.7. The number of nitrogens with zero attached hydrogens (tertiary/aromatic N) is 1. The van der Waals surface area contributed by atoms with Gasteiger partial charge >= 0.3 is 12.3 Å². The molecule has 0 atom stereocenters. The Labute approximate surface area is 131 Å². The first-order chi connectivity index (χ1) is 10.7. The van der Waals surface area contributed by atoms with Gasteiger partial charge in [-0.25, -0.2) is 4.79 Å². The molecule has 0 bridgehead atoms. The molecule has 2 amide bonds. The van der Waals surface area contributed by atoms with Crippen molar-refractivity contribution in [2.45, 2.75) is 31.5 Å². The Kier molecular flexibility index (Phi) is 4.82. The molecule has 1 aliphatic rings. The highest BCUT2D eigenvalue weighted by molar-refractivity contribution is 5.96. The van der Waals surface area contributed by atoms with Gasteiger partial charge in [-0.3, -0.25) is 10.1 Å². The second kappa shape index (κ2) is 6.47. The summed E-state index contributed by atoms with van der Waals surface area (Å²) in [5, 5.41) is 2.16. The third-order valence-corrected chi connectivity index (χ3v) is 3.88. The van der Waals surface area contributed by atoms with Gasteiger partial charge in [-0.1, -0.05) is 0 Å². The zero-order chi connectivity index (χ0) is 17.2. The van der Waals surface area contributed by atoms with Gasteiger partial charge in [0.25, 0.3) is 5.91 Å². The van der Waals surface area contributed by atoms with Crippen LogP contribution in [0, 0.1) is 0 Å². The van der Waals surface area contributed by atoms with Crippen molar-refractivity contribution in [3.8, 4) is 0 Å². The quantitative estimate of drug-likeness (QED) is 0.923. The number of amides is 2. The monoisotopic (exact) mass is 330 g/mol. The number of anilines is 1. The van der Waals surface area contributed by atoms with Gasteiger partial charge in [0.1, 0.15) is 0 Å². The molecule has 0 aromatic heterocycles. The van der Waals surface area contributed by atoms with Gasteiger partial charge in [0.15, 0.2) is 0 Å². The number of alkyl halides is 3. The molecule has 1 fully saturated rings. The van der Waals surface area contributed by atoms with E-state index in [9.17, 15) is 22.8 Å². The average molecular weight is 330 g/mol. The van der Waals surface area contributed by atoms with Crippen LogP contribution in [0.25, 0.3) is 0 Å². The lowest BCUT2D eigenvalue weighted by molar-refractivity contribution is -0.137. The molecule has 1 N–H and O–H groups in total. The van der Waals surface area contributed by atoms with E-state index >= 15 is 0 Å². The summed E-state index contributed by atoms with van der Waals surface area (Å²) in [4.78, 5) is 25.0. The van der Waals surface area contributed by atoms with Crippen LogP contribution in [0.5, 0.6) is 0 Å². The number of benzene rings is 1. The largest absolute Gasteiger partial charge is 0.453 e. The standard InChI is InChI=1S/C15H17F3N2O3/c1-20(12-4-3-5-12)13(21)9-6-10(15(16,17)18)8-11(7-9)19-14(22)23-2/h6-8,12H,3-5H2,1-2H3,(H,19,22). The van der Waals surface area contributed by atoms with Gasteiger partial charge < -0.3 is 9.64 Å². The summed E-state index contributed by atoms with van der Waals surface area (Å²) in [6, 6.07) is 2.81. The number of carbonyl (C=O) groups is 2. The molecule has 0 aliphatic heterocycles. The summed E-state index contributed by atoms with van der Waals surface area (Å²) >= 11 is 0. The van der Waals surface area contributed by atoms with E-state index in [0.717, 1.165) is 38.5 Å². The fraction of sp³-hybridized carbons (Fsp3) is 0.467. The Morgan fingerprint density at radius 1 is 1.26 bits per heavy atom. The van der Waals surface area contributed by atoms with E-state index in [2.05, 4.69) is 10.1 Å². The molecule has 0 radical (unpaired) electrons. The highest BCUT2D eigenvalue weighted by atomic mass is 19.4. The lowest BCUT2D eigenvalue weighted by Crippen LogP contribution is -2.41. The highest BCUT2D eigenvalue weighted by Crippen LogP contribution is 2.33. The molecule has 0 heterocycles. The molecule has 1 aromatic carbocycles. The van der Waals surface area contributed by atoms with E-state index in [1.54, 1.807) is 7.05 Å². The van der Waals surface area contributed by atoms with Crippen molar-refractivity contribution in [3.05, 3.63) is 29.3 Å². The Morgan fingerprint density at radius 2 is 1.91 bits per heavy atom. The highest BCUT2D eigenvalue weighted by Gasteiger charge is 2.33. The Bertz CT molecular complexity index is 612. The molecule has 0 spiro atoms. The van der Waals surface area contributed by atoms with E-state index in [-0.39, 0.29) is 17.3 Å². The minimum atomic E-state index is -4.63. The molecule has 126 valence electrons. The van der Waals surface area contributed by atoms with Crippen molar-refractivity contribution in [1.82, 2.24) is 4.90 Å². The number of carbonyl (C=O) groups excluding carboxylic acids is 2. The topological polar surface area (TPSA) is 58.6 Å². The maximum Gasteiger partial charge on any atom is 0.416 e. The van der Waals surface area contributed by atoms with Crippen LogP contribution in [0.3, 0.4) is 0 Å². The van der Waals surface area contributed by atoms with Crippen LogP contribution in [-0.4, -0.2) is 37.1 Å². The Balaban J connectivity index is 2.34. The van der Waals surface area contributed by atoms with Gasteiger partial charge in [-0.15, -0.1) is 0 Å². The first-order valence-electron chi connectivity index (χ1n) is 7.07. The molecule has 23 heavy (non-hydrogen) atoms. The molecule has 0 saturated heterocycles. The first kappa shape index (κ1) is 17.1. The molecule has 2 rings (SSSR count). The maximum atomic E-state index is 13.0. The fourth-order valence-corrected chi connectivity index (χ4v) is 2.30. The number of hydrogen-bond acceptors (Lipinski definition) is 3. The molecule has 1 saturated carbocycles. The van der Waals surface area contributed by atoms with Crippen LogP contribution in [0.15, 0.2) is 18.2 Å². The van der Waals surface area contributed by atoms with Crippen LogP contribution in [0.2, 0.25) is 0 Å². The smallest absolute Gasteiger partial charge is 0.416 e. The number of halogens is 3. The Morgan fingerprint density at radius 3 is 2.39 bits per heavy atom. The lowest BCUT2D eigenvalue weighted by atomic mass is 9.91. The summed E-state index contributed by atoms with van der Waals surface area (Å²) in [6.45, 7) is 0. The lowest BCUT2D eigenvalue weighted by Gasteiger charge is -2.34. The molecular formula is C15H17F3N2O3. The average Bonchev–Trinajstić information content (AvgIpc) is 2.43. The molecule has 8 heteroatoms. The maximum absolute atomic E-state index is 13.0. The van der Waals surface area contributed by atoms with E-state index in [1.165, 1.54) is 11.0 Å². The summed E-state index contributed by atoms with van der Waals surface area (Å²) < 4.78 is 43.4. The van der Waals surface area contributed by atoms with Gasteiger partial charge in [0, 0.05) is 24.3 Å². The summed E-state index contributed by atoms with van der Waals surface area (Å²) in [5.41, 5.74) is -1.27. The van der Waals surface area contributed by atoms with E-state index in [4.69, 9.17) is 0 Å². The normalized spacial score (nSPS) is 14.8. The number of rotatable bonds is 3. The number of nitrogens with one attached hydrogen (secondary N) is 1. The van der Waals surface area contributed by atoms with E-state index in [0.29, 0.717) is 0 Å². The van der Waals surface area contributed by atoms with Gasteiger partial charge in [0.05, 0.1) is 12.7 Å². The van der Waals surface area contributed by atoms with Crippen molar-refractivity contribution >= 4 is 17.7 Å². The van der Waals surface area contributed by atoms with Crippen molar-refractivity contribution in [3.63, 3.8) is 0 Å². The minimum absolute atomic E-state index is 0.0501. The van der Waals surface area contributed by atoms with E-state index < -0.39 is 23.7 Å². The van der Waals surface area contributed by atoms with Crippen molar-refractivity contribution in [2.24, 2.45) is 0 Å². The number of ether oxygens (including phenoxy) is 1. The van der Waals surface area contributed by atoms with Crippen LogP contribution < -0.4 is 5.32 Å². The number of methoxy groups -OCH3 is 1. The minimum Gasteiger partial charge on any atom is -0.453 e. The third kappa shape index (κ3) is 3.94. The van der Waals surface area contributed by atoms with Crippen LogP contribution in [0.1, 0.15) is 35.2 Å². The fourth-order valence-electron chi connectivity index (χ4n) is 2.30. The zero-order valence-electron chi connectivity index (χ0n) is 12.7.